The Balaban J connectivity index is 2.38. The second-order valence-electron chi connectivity index (χ2n) is 3.48. The van der Waals surface area contributed by atoms with Crippen LogP contribution in [0.3, 0.4) is 0 Å². The van der Waals surface area contributed by atoms with Crippen LogP contribution in [0.5, 0.6) is 5.88 Å². The standard InChI is InChI=1S/C11H20N4O/c1-4-12-6-5-7-13-10-8-11(16-3)15-9(2)14-10/h8,12H,4-7H2,1-3H3,(H,13,14,15). The third-order valence-electron chi connectivity index (χ3n) is 2.11. The van der Waals surface area contributed by atoms with Crippen molar-refractivity contribution in [3.05, 3.63) is 11.9 Å². The second kappa shape index (κ2) is 7.00. The summed E-state index contributed by atoms with van der Waals surface area (Å²) in [5, 5.41) is 6.52. The lowest BCUT2D eigenvalue weighted by Crippen LogP contribution is -2.17. The molecule has 1 rings (SSSR count). The second-order valence-corrected chi connectivity index (χ2v) is 3.48. The van der Waals surface area contributed by atoms with Gasteiger partial charge in [0.15, 0.2) is 0 Å². The van der Waals surface area contributed by atoms with Gasteiger partial charge in [-0.25, -0.2) is 4.98 Å². The van der Waals surface area contributed by atoms with E-state index in [0.29, 0.717) is 11.7 Å². The molecule has 0 atom stereocenters. The Morgan fingerprint density at radius 1 is 1.31 bits per heavy atom. The average molecular weight is 224 g/mol. The highest BCUT2D eigenvalue weighted by molar-refractivity contribution is 5.38. The molecule has 0 amide bonds. The fraction of sp³-hybridized carbons (Fsp3) is 0.636. The van der Waals surface area contributed by atoms with E-state index in [-0.39, 0.29) is 0 Å². The molecule has 2 N–H and O–H groups in total. The number of nitrogens with one attached hydrogen (secondary N) is 2. The van der Waals surface area contributed by atoms with Crippen LogP contribution in [0.1, 0.15) is 19.2 Å². The Morgan fingerprint density at radius 2 is 2.12 bits per heavy atom. The largest absolute Gasteiger partial charge is 0.481 e. The minimum atomic E-state index is 0.599. The highest BCUT2D eigenvalue weighted by Crippen LogP contribution is 2.12. The monoisotopic (exact) mass is 224 g/mol. The van der Waals surface area contributed by atoms with Gasteiger partial charge in [-0.15, -0.1) is 0 Å². The Morgan fingerprint density at radius 3 is 2.81 bits per heavy atom. The fourth-order valence-electron chi connectivity index (χ4n) is 1.34. The van der Waals surface area contributed by atoms with E-state index in [1.807, 2.05) is 6.92 Å². The summed E-state index contributed by atoms with van der Waals surface area (Å²) in [7, 11) is 1.61. The molecule has 0 aliphatic carbocycles. The van der Waals surface area contributed by atoms with Gasteiger partial charge in [0.25, 0.3) is 0 Å². The van der Waals surface area contributed by atoms with Gasteiger partial charge in [0.05, 0.1) is 7.11 Å². The van der Waals surface area contributed by atoms with E-state index in [1.165, 1.54) is 0 Å². The van der Waals surface area contributed by atoms with Crippen molar-refractivity contribution in [3.8, 4) is 5.88 Å². The third-order valence-corrected chi connectivity index (χ3v) is 2.11. The van der Waals surface area contributed by atoms with Gasteiger partial charge in [-0.1, -0.05) is 6.92 Å². The number of aromatic nitrogens is 2. The van der Waals surface area contributed by atoms with Gasteiger partial charge >= 0.3 is 0 Å². The van der Waals surface area contributed by atoms with Crippen LogP contribution in [-0.4, -0.2) is 36.7 Å². The number of aryl methyl sites for hydroxylation is 1. The van der Waals surface area contributed by atoms with Crippen molar-refractivity contribution >= 4 is 5.82 Å². The molecule has 0 bridgehead atoms. The van der Waals surface area contributed by atoms with E-state index in [4.69, 9.17) is 4.74 Å². The molecule has 0 radical (unpaired) electrons. The summed E-state index contributed by atoms with van der Waals surface area (Å²) < 4.78 is 5.08. The fourth-order valence-corrected chi connectivity index (χ4v) is 1.34. The third kappa shape index (κ3) is 4.44. The molecule has 0 unspecified atom stereocenters. The van der Waals surface area contributed by atoms with Crippen molar-refractivity contribution in [3.63, 3.8) is 0 Å². The first-order valence-corrected chi connectivity index (χ1v) is 5.60. The first-order valence-electron chi connectivity index (χ1n) is 5.60. The van der Waals surface area contributed by atoms with Gasteiger partial charge in [0.1, 0.15) is 11.6 Å². The molecular weight excluding hydrogens is 204 g/mol. The van der Waals surface area contributed by atoms with Crippen molar-refractivity contribution in [1.29, 1.82) is 0 Å². The van der Waals surface area contributed by atoms with Crippen LogP contribution >= 0.6 is 0 Å². The van der Waals surface area contributed by atoms with Crippen LogP contribution in [0.25, 0.3) is 0 Å². The van der Waals surface area contributed by atoms with E-state index in [1.54, 1.807) is 13.2 Å². The Bertz CT molecular complexity index is 317. The Labute approximate surface area is 96.6 Å². The molecule has 16 heavy (non-hydrogen) atoms. The summed E-state index contributed by atoms with van der Waals surface area (Å²) in [6.45, 7) is 6.89. The molecule has 5 nitrogen and oxygen atoms in total. The quantitative estimate of drug-likeness (QED) is 0.682. The smallest absolute Gasteiger partial charge is 0.218 e. The number of methoxy groups -OCH3 is 1. The van der Waals surface area contributed by atoms with E-state index in [0.717, 1.165) is 31.9 Å². The zero-order chi connectivity index (χ0) is 11.8. The van der Waals surface area contributed by atoms with Gasteiger partial charge in [0, 0.05) is 12.6 Å². The van der Waals surface area contributed by atoms with Gasteiger partial charge in [-0.3, -0.25) is 0 Å². The van der Waals surface area contributed by atoms with Crippen molar-refractivity contribution in [2.45, 2.75) is 20.3 Å². The van der Waals surface area contributed by atoms with Gasteiger partial charge in [-0.05, 0) is 26.4 Å². The van der Waals surface area contributed by atoms with Crippen LogP contribution in [0.15, 0.2) is 6.07 Å². The minimum absolute atomic E-state index is 0.599. The highest BCUT2D eigenvalue weighted by Gasteiger charge is 2.00. The van der Waals surface area contributed by atoms with E-state index < -0.39 is 0 Å². The number of anilines is 1. The summed E-state index contributed by atoms with van der Waals surface area (Å²) in [6.07, 6.45) is 1.07. The molecule has 0 aliphatic rings. The first kappa shape index (κ1) is 12.7. The molecule has 0 saturated heterocycles. The summed E-state index contributed by atoms with van der Waals surface area (Å²) in [5.74, 6) is 2.14. The van der Waals surface area contributed by atoms with Crippen LogP contribution in [-0.2, 0) is 0 Å². The average Bonchev–Trinajstić information content (AvgIpc) is 2.28. The SMILES string of the molecule is CCNCCCNc1cc(OC)nc(C)n1. The molecule has 0 spiro atoms. The van der Waals surface area contributed by atoms with Crippen molar-refractivity contribution in [2.24, 2.45) is 0 Å². The molecule has 5 heteroatoms. The number of ether oxygens (including phenoxy) is 1. The molecule has 0 aliphatic heterocycles. The number of hydrogen-bond donors (Lipinski definition) is 2. The number of rotatable bonds is 7. The predicted molar refractivity (Wildman–Crippen MR) is 65.0 cm³/mol. The van der Waals surface area contributed by atoms with Crippen LogP contribution in [0.4, 0.5) is 5.82 Å². The maximum Gasteiger partial charge on any atom is 0.218 e. The van der Waals surface area contributed by atoms with Crippen molar-refractivity contribution in [1.82, 2.24) is 15.3 Å². The Kier molecular flexibility index (Phi) is 5.56. The van der Waals surface area contributed by atoms with Crippen molar-refractivity contribution in [2.75, 3.05) is 32.1 Å². The summed E-state index contributed by atoms with van der Waals surface area (Å²) in [4.78, 5) is 8.40. The van der Waals surface area contributed by atoms with Crippen molar-refractivity contribution < 1.29 is 4.74 Å². The molecule has 0 saturated carbocycles. The van der Waals surface area contributed by atoms with Gasteiger partial charge in [-0.2, -0.15) is 4.98 Å². The van der Waals surface area contributed by atoms with E-state index in [9.17, 15) is 0 Å². The summed E-state index contributed by atoms with van der Waals surface area (Å²) in [5.41, 5.74) is 0. The lowest BCUT2D eigenvalue weighted by atomic mass is 10.4. The topological polar surface area (TPSA) is 59.1 Å². The molecule has 0 aromatic carbocycles. The zero-order valence-electron chi connectivity index (χ0n) is 10.2. The zero-order valence-corrected chi connectivity index (χ0v) is 10.2. The first-order chi connectivity index (χ1) is 7.76. The molecule has 1 aromatic heterocycles. The lowest BCUT2D eigenvalue weighted by molar-refractivity contribution is 0.396. The van der Waals surface area contributed by atoms with E-state index >= 15 is 0 Å². The molecule has 1 aromatic rings. The van der Waals surface area contributed by atoms with Gasteiger partial charge in [0.2, 0.25) is 5.88 Å². The predicted octanol–water partition coefficient (Wildman–Crippen LogP) is 1.21. The summed E-state index contributed by atoms with van der Waals surface area (Å²) in [6, 6.07) is 1.81. The molecule has 1 heterocycles. The maximum atomic E-state index is 5.08. The number of hydrogen-bond acceptors (Lipinski definition) is 5. The summed E-state index contributed by atoms with van der Waals surface area (Å²) >= 11 is 0. The minimum Gasteiger partial charge on any atom is -0.481 e. The van der Waals surface area contributed by atoms with Crippen LogP contribution in [0.2, 0.25) is 0 Å². The van der Waals surface area contributed by atoms with E-state index in [2.05, 4.69) is 27.5 Å². The molecule has 0 fully saturated rings. The normalized spacial score (nSPS) is 10.2. The van der Waals surface area contributed by atoms with Crippen LogP contribution in [0, 0.1) is 6.92 Å². The molecular formula is C11H20N4O. The maximum absolute atomic E-state index is 5.08. The lowest BCUT2D eigenvalue weighted by Gasteiger charge is -2.07. The van der Waals surface area contributed by atoms with Crippen LogP contribution < -0.4 is 15.4 Å². The van der Waals surface area contributed by atoms with Gasteiger partial charge < -0.3 is 15.4 Å². The molecule has 90 valence electrons. The number of nitrogens with zero attached hydrogens (tertiary/aromatic N) is 2. The Hall–Kier alpha value is -1.36. The highest BCUT2D eigenvalue weighted by atomic mass is 16.5.